The summed E-state index contributed by atoms with van der Waals surface area (Å²) in [6, 6.07) is -2.42. The molecule has 0 aliphatic carbocycles. The predicted octanol–water partition coefficient (Wildman–Crippen LogP) is 1.02. The second-order valence-electron chi connectivity index (χ2n) is 5.49. The molecular weight excluding hydrogens is 418 g/mol. The minimum absolute atomic E-state index is 0.0885. The molecule has 3 atom stereocenters. The van der Waals surface area contributed by atoms with Crippen LogP contribution >= 0.6 is 34.7 Å². The van der Waals surface area contributed by atoms with Crippen LogP contribution in [0.3, 0.4) is 0 Å². The second-order valence-corrected chi connectivity index (χ2v) is 7.73. The van der Waals surface area contributed by atoms with E-state index in [4.69, 9.17) is 17.3 Å². The number of thioether (sulfide) groups is 1. The van der Waals surface area contributed by atoms with Gasteiger partial charge in [0.15, 0.2) is 5.13 Å². The van der Waals surface area contributed by atoms with Crippen molar-refractivity contribution in [1.82, 2.24) is 15.2 Å². The number of nitrogen functional groups attached to an aromatic ring is 1. The number of halogens is 1. The third-order valence-corrected chi connectivity index (χ3v) is 6.06. The molecule has 2 aliphatic heterocycles. The number of fused-ring (bicyclic) bond motifs is 1. The van der Waals surface area contributed by atoms with Crippen molar-refractivity contribution >= 4 is 57.6 Å². The molecule has 10 nitrogen and oxygen atoms in total. The summed E-state index contributed by atoms with van der Waals surface area (Å²) in [6.07, 6.45) is 1.41. The molecule has 142 valence electrons. The van der Waals surface area contributed by atoms with Gasteiger partial charge >= 0.3 is 5.97 Å². The fourth-order valence-electron chi connectivity index (χ4n) is 2.74. The number of carbonyl (C=O) groups excluding carboxylic acids is 2. The van der Waals surface area contributed by atoms with Crippen LogP contribution < -0.4 is 11.1 Å². The minimum Gasteiger partial charge on any atom is -0.477 e. The Morgan fingerprint density at radius 3 is 2.85 bits per heavy atom. The first-order valence-electron chi connectivity index (χ1n) is 7.40. The number of β-lactam (4-membered cyclic amide) rings is 1. The van der Waals surface area contributed by atoms with Gasteiger partial charge in [0.25, 0.3) is 11.8 Å². The van der Waals surface area contributed by atoms with Crippen LogP contribution in [0.1, 0.15) is 11.7 Å². The molecule has 0 aromatic carbocycles. The summed E-state index contributed by atoms with van der Waals surface area (Å²) in [5, 5.41) is 15.6. The SMILES string of the molecule is Nc1nc(C(N=O)C(=O)NC2C(=O)N3C(C(=O)O)=C(C=CCl)CS[C@@H]23)cs1. The lowest BCUT2D eigenvalue weighted by molar-refractivity contribution is -0.150. The molecule has 2 aliphatic rings. The quantitative estimate of drug-likeness (QED) is 0.447. The number of nitrogens with zero attached hydrogens (tertiary/aromatic N) is 3. The van der Waals surface area contributed by atoms with Gasteiger partial charge in [0.1, 0.15) is 17.1 Å². The number of hydrogen-bond donors (Lipinski definition) is 3. The Morgan fingerprint density at radius 2 is 2.30 bits per heavy atom. The van der Waals surface area contributed by atoms with Gasteiger partial charge in [-0.1, -0.05) is 11.6 Å². The molecule has 27 heavy (non-hydrogen) atoms. The van der Waals surface area contributed by atoms with Crippen molar-refractivity contribution in [3.63, 3.8) is 0 Å². The van der Waals surface area contributed by atoms with Crippen molar-refractivity contribution in [2.45, 2.75) is 17.5 Å². The van der Waals surface area contributed by atoms with Gasteiger partial charge in [-0.3, -0.25) is 14.5 Å². The molecular formula is C14H12ClN5O5S2. The van der Waals surface area contributed by atoms with E-state index in [0.717, 1.165) is 16.2 Å². The van der Waals surface area contributed by atoms with E-state index in [0.29, 0.717) is 11.3 Å². The van der Waals surface area contributed by atoms with E-state index < -0.39 is 35.2 Å². The van der Waals surface area contributed by atoms with Crippen molar-refractivity contribution in [1.29, 1.82) is 0 Å². The molecule has 0 saturated carbocycles. The third kappa shape index (κ3) is 3.42. The molecule has 13 heteroatoms. The molecule has 0 bridgehead atoms. The number of rotatable bonds is 6. The third-order valence-electron chi connectivity index (χ3n) is 3.94. The number of aromatic nitrogens is 1. The van der Waals surface area contributed by atoms with Gasteiger partial charge < -0.3 is 16.2 Å². The van der Waals surface area contributed by atoms with Crippen LogP contribution in [0.25, 0.3) is 0 Å². The van der Waals surface area contributed by atoms with Crippen LogP contribution in [0, 0.1) is 4.91 Å². The fraction of sp³-hybridized carbons (Fsp3) is 0.286. The molecule has 0 spiro atoms. The normalized spacial score (nSPS) is 23.0. The first-order chi connectivity index (χ1) is 12.9. The number of thiazole rings is 1. The average molecular weight is 430 g/mol. The number of allylic oxidation sites excluding steroid dienone is 1. The van der Waals surface area contributed by atoms with E-state index in [2.05, 4.69) is 15.5 Å². The lowest BCUT2D eigenvalue weighted by Crippen LogP contribution is -2.70. The maximum absolute atomic E-state index is 12.4. The van der Waals surface area contributed by atoms with E-state index in [1.807, 2.05) is 0 Å². The van der Waals surface area contributed by atoms with E-state index in [9.17, 15) is 24.4 Å². The first kappa shape index (κ1) is 19.3. The molecule has 3 heterocycles. The highest BCUT2D eigenvalue weighted by atomic mass is 35.5. The highest BCUT2D eigenvalue weighted by molar-refractivity contribution is 8.00. The Morgan fingerprint density at radius 1 is 1.56 bits per heavy atom. The molecule has 2 amide bonds. The topological polar surface area (TPSA) is 155 Å². The number of aliphatic carboxylic acids is 1. The predicted molar refractivity (Wildman–Crippen MR) is 99.7 cm³/mol. The molecule has 2 unspecified atom stereocenters. The van der Waals surface area contributed by atoms with Gasteiger partial charge in [0.2, 0.25) is 6.04 Å². The van der Waals surface area contributed by atoms with Crippen molar-refractivity contribution < 1.29 is 19.5 Å². The van der Waals surface area contributed by atoms with Gasteiger partial charge in [-0.2, -0.15) is 0 Å². The zero-order valence-corrected chi connectivity index (χ0v) is 15.8. The summed E-state index contributed by atoms with van der Waals surface area (Å²) < 4.78 is 0. The van der Waals surface area contributed by atoms with E-state index in [1.54, 1.807) is 0 Å². The van der Waals surface area contributed by atoms with Crippen molar-refractivity contribution in [3.8, 4) is 0 Å². The van der Waals surface area contributed by atoms with Gasteiger partial charge in [0.05, 0.1) is 5.69 Å². The number of carboxylic acid groups (broad SMARTS) is 1. The fourth-order valence-corrected chi connectivity index (χ4v) is 4.79. The number of carbonyl (C=O) groups is 3. The van der Waals surface area contributed by atoms with Gasteiger partial charge in [-0.15, -0.1) is 28.0 Å². The summed E-state index contributed by atoms with van der Waals surface area (Å²) in [6.45, 7) is 0. The number of carboxylic acids is 1. The van der Waals surface area contributed by atoms with Crippen LogP contribution in [0.5, 0.6) is 0 Å². The molecule has 1 fully saturated rings. The number of nitrogens with one attached hydrogen (secondary N) is 1. The summed E-state index contributed by atoms with van der Waals surface area (Å²) >= 11 is 7.84. The van der Waals surface area contributed by atoms with Gasteiger partial charge in [-0.25, -0.2) is 9.78 Å². The van der Waals surface area contributed by atoms with E-state index in [1.165, 1.54) is 28.8 Å². The van der Waals surface area contributed by atoms with Crippen molar-refractivity contribution in [2.75, 3.05) is 11.5 Å². The van der Waals surface area contributed by atoms with Crippen LogP contribution in [0.4, 0.5) is 5.13 Å². The monoisotopic (exact) mass is 429 g/mol. The van der Waals surface area contributed by atoms with E-state index >= 15 is 0 Å². The zero-order chi connectivity index (χ0) is 19.7. The smallest absolute Gasteiger partial charge is 0.352 e. The second kappa shape index (κ2) is 7.66. The first-order valence-corrected chi connectivity index (χ1v) is 9.77. The largest absolute Gasteiger partial charge is 0.477 e. The number of anilines is 1. The highest BCUT2D eigenvalue weighted by Gasteiger charge is 2.54. The molecule has 1 aromatic rings. The van der Waals surface area contributed by atoms with Crippen LogP contribution in [0.15, 0.2) is 33.4 Å². The number of hydrogen-bond acceptors (Lipinski definition) is 9. The minimum atomic E-state index is -1.45. The Balaban J connectivity index is 1.77. The summed E-state index contributed by atoms with van der Waals surface area (Å²) in [7, 11) is 0. The average Bonchev–Trinajstić information content (AvgIpc) is 3.05. The molecule has 0 radical (unpaired) electrons. The Hall–Kier alpha value is -2.44. The highest BCUT2D eigenvalue weighted by Crippen LogP contribution is 2.41. The molecule has 1 saturated heterocycles. The van der Waals surface area contributed by atoms with Crippen molar-refractivity contribution in [3.05, 3.63) is 38.9 Å². The molecule has 3 rings (SSSR count). The lowest BCUT2D eigenvalue weighted by Gasteiger charge is -2.49. The summed E-state index contributed by atoms with van der Waals surface area (Å²) in [5.74, 6) is -2.38. The Labute approximate surface area is 165 Å². The lowest BCUT2D eigenvalue weighted by atomic mass is 10.0. The van der Waals surface area contributed by atoms with Crippen LogP contribution in [-0.2, 0) is 14.4 Å². The van der Waals surface area contributed by atoms with Crippen LogP contribution in [-0.4, -0.2) is 49.9 Å². The number of nitroso groups, excluding NO2 is 1. The zero-order valence-electron chi connectivity index (χ0n) is 13.4. The van der Waals surface area contributed by atoms with Crippen LogP contribution in [0.2, 0.25) is 0 Å². The summed E-state index contributed by atoms with van der Waals surface area (Å²) in [5.41, 5.74) is 6.96. The Bertz CT molecular complexity index is 885. The molecule has 1 aromatic heterocycles. The Kier molecular flexibility index (Phi) is 5.48. The number of nitrogens with two attached hydrogens (primary N) is 1. The molecule has 4 N–H and O–H groups in total. The van der Waals surface area contributed by atoms with Crippen molar-refractivity contribution in [2.24, 2.45) is 5.18 Å². The summed E-state index contributed by atoms with van der Waals surface area (Å²) in [4.78, 5) is 52.4. The van der Waals surface area contributed by atoms with Gasteiger partial charge in [0, 0.05) is 16.7 Å². The maximum atomic E-state index is 12.4. The van der Waals surface area contributed by atoms with E-state index in [-0.39, 0.29) is 16.5 Å². The standard InChI is InChI=1S/C14H12ClN5O5S2/c15-2-1-5-3-26-12-8(11(22)20(12)9(5)13(23)24)18-10(21)7(19-25)6-4-27-14(16)17-6/h1-2,4,7-8,12H,3H2,(H2,16,17)(H,18,21)(H,23,24)/t7?,8?,12-/m0/s1. The van der Waals surface area contributed by atoms with Gasteiger partial charge in [-0.05, 0) is 16.8 Å². The maximum Gasteiger partial charge on any atom is 0.352 e. The number of amides is 2.